The van der Waals surface area contributed by atoms with Crippen LogP contribution in [0.3, 0.4) is 0 Å². The van der Waals surface area contributed by atoms with E-state index in [1.807, 2.05) is 60.7 Å². The van der Waals surface area contributed by atoms with Crippen molar-refractivity contribution in [1.29, 1.82) is 0 Å². The van der Waals surface area contributed by atoms with Gasteiger partial charge in [-0.2, -0.15) is 17.4 Å². The van der Waals surface area contributed by atoms with Crippen molar-refractivity contribution in [3.05, 3.63) is 71.8 Å². The lowest BCUT2D eigenvalue weighted by atomic mass is 9.95. The van der Waals surface area contributed by atoms with Crippen molar-refractivity contribution >= 4 is 10.2 Å². The Hall–Kier alpha value is -1.69. The third-order valence-corrected chi connectivity index (χ3v) is 5.53. The van der Waals surface area contributed by atoms with Gasteiger partial charge in [0.1, 0.15) is 0 Å². The number of hydrogen-bond donors (Lipinski definition) is 1. The molecule has 110 valence electrons. The van der Waals surface area contributed by atoms with Crippen LogP contribution in [-0.2, 0) is 16.6 Å². The van der Waals surface area contributed by atoms with E-state index in [1.54, 1.807) is 7.05 Å². The second kappa shape index (κ2) is 5.60. The van der Waals surface area contributed by atoms with E-state index in [-0.39, 0.29) is 12.1 Å². The molecule has 0 aromatic heterocycles. The normalized spacial score (nSPS) is 25.0. The quantitative estimate of drug-likeness (QED) is 0.944. The molecular weight excluding hydrogens is 284 g/mol. The summed E-state index contributed by atoms with van der Waals surface area (Å²) in [4.78, 5) is 0. The Bertz CT molecular complexity index is 702. The highest BCUT2D eigenvalue weighted by atomic mass is 32.2. The second-order valence-electron chi connectivity index (χ2n) is 5.28. The average molecular weight is 302 g/mol. The number of likely N-dealkylation sites (N-methyl/N-ethyl adjacent to an activating group) is 1. The first-order valence-corrected chi connectivity index (χ1v) is 8.36. The van der Waals surface area contributed by atoms with Crippen molar-refractivity contribution in [3.63, 3.8) is 0 Å². The van der Waals surface area contributed by atoms with Crippen LogP contribution in [0, 0.1) is 0 Å². The molecule has 2 aromatic carbocycles. The Morgan fingerprint density at radius 1 is 1.00 bits per heavy atom. The maximum Gasteiger partial charge on any atom is 0.280 e. The highest BCUT2D eigenvalue weighted by Gasteiger charge is 2.42. The number of nitrogens with zero attached hydrogens (tertiary/aromatic N) is 1. The van der Waals surface area contributed by atoms with Gasteiger partial charge < -0.3 is 0 Å². The van der Waals surface area contributed by atoms with E-state index in [0.29, 0.717) is 6.42 Å². The van der Waals surface area contributed by atoms with Crippen LogP contribution in [0.5, 0.6) is 0 Å². The zero-order chi connectivity index (χ0) is 14.9. The maximum absolute atomic E-state index is 12.2. The van der Waals surface area contributed by atoms with Gasteiger partial charge in [0.2, 0.25) is 0 Å². The zero-order valence-corrected chi connectivity index (χ0v) is 12.6. The first kappa shape index (κ1) is 14.3. The number of hydrogen-bond acceptors (Lipinski definition) is 2. The molecule has 2 atom stereocenters. The molecule has 21 heavy (non-hydrogen) atoms. The fourth-order valence-electron chi connectivity index (χ4n) is 2.76. The molecule has 1 N–H and O–H groups in total. The lowest BCUT2D eigenvalue weighted by Gasteiger charge is -2.22. The summed E-state index contributed by atoms with van der Waals surface area (Å²) in [6.45, 7) is 0. The van der Waals surface area contributed by atoms with Gasteiger partial charge in [-0.3, -0.25) is 0 Å². The van der Waals surface area contributed by atoms with E-state index in [2.05, 4.69) is 4.72 Å². The number of nitrogens with one attached hydrogen (secondary N) is 1. The summed E-state index contributed by atoms with van der Waals surface area (Å²) in [5, 5.41) is 0. The molecular formula is C16H18N2O2S. The smallest absolute Gasteiger partial charge is 0.195 e. The monoisotopic (exact) mass is 302 g/mol. The summed E-state index contributed by atoms with van der Waals surface area (Å²) >= 11 is 0. The largest absolute Gasteiger partial charge is 0.280 e. The molecule has 0 unspecified atom stereocenters. The highest BCUT2D eigenvalue weighted by Crippen LogP contribution is 2.31. The van der Waals surface area contributed by atoms with Gasteiger partial charge in [0.05, 0.1) is 12.1 Å². The van der Waals surface area contributed by atoms with Crippen molar-refractivity contribution in [2.45, 2.75) is 18.5 Å². The molecule has 1 aliphatic rings. The van der Waals surface area contributed by atoms with Crippen molar-refractivity contribution < 1.29 is 8.42 Å². The van der Waals surface area contributed by atoms with E-state index in [0.717, 1.165) is 11.1 Å². The zero-order valence-electron chi connectivity index (χ0n) is 11.8. The van der Waals surface area contributed by atoms with E-state index < -0.39 is 10.2 Å². The molecule has 1 aliphatic heterocycles. The third kappa shape index (κ3) is 2.85. The van der Waals surface area contributed by atoms with Gasteiger partial charge in [-0.05, 0) is 17.5 Å². The van der Waals surface area contributed by atoms with E-state index in [4.69, 9.17) is 0 Å². The van der Waals surface area contributed by atoms with Crippen molar-refractivity contribution in [1.82, 2.24) is 9.03 Å². The molecule has 0 aliphatic carbocycles. The standard InChI is InChI=1S/C16H18N2O2S/c1-18-15(12-13-8-4-2-5-9-13)16(17-21(18,19)20)14-10-6-3-7-11-14/h2-11,15-17H,12H2,1H3/t15-,16-/m0/s1. The Morgan fingerprint density at radius 3 is 2.19 bits per heavy atom. The average Bonchev–Trinajstić information content (AvgIpc) is 2.73. The summed E-state index contributed by atoms with van der Waals surface area (Å²) in [6, 6.07) is 19.3. The van der Waals surface area contributed by atoms with Gasteiger partial charge in [0, 0.05) is 7.05 Å². The van der Waals surface area contributed by atoms with Crippen LogP contribution in [0.15, 0.2) is 60.7 Å². The molecule has 0 saturated carbocycles. The predicted molar refractivity (Wildman–Crippen MR) is 82.9 cm³/mol. The molecule has 0 spiro atoms. The predicted octanol–water partition coefficient (Wildman–Crippen LogP) is 2.12. The Balaban J connectivity index is 1.94. The van der Waals surface area contributed by atoms with Crippen molar-refractivity contribution in [3.8, 4) is 0 Å². The van der Waals surface area contributed by atoms with Gasteiger partial charge in [-0.25, -0.2) is 0 Å². The van der Waals surface area contributed by atoms with E-state index >= 15 is 0 Å². The fraction of sp³-hybridized carbons (Fsp3) is 0.250. The summed E-state index contributed by atoms with van der Waals surface area (Å²) in [5.41, 5.74) is 2.13. The SMILES string of the molecule is CN1[C@@H](Cc2ccccc2)[C@H](c2ccccc2)NS1(=O)=O. The van der Waals surface area contributed by atoms with Crippen LogP contribution in [0.25, 0.3) is 0 Å². The minimum atomic E-state index is -3.41. The molecule has 0 amide bonds. The summed E-state index contributed by atoms with van der Waals surface area (Å²) in [7, 11) is -1.77. The first-order valence-electron chi connectivity index (χ1n) is 6.92. The van der Waals surface area contributed by atoms with Crippen LogP contribution in [0.2, 0.25) is 0 Å². The van der Waals surface area contributed by atoms with Gasteiger partial charge in [-0.15, -0.1) is 0 Å². The Labute approximate surface area is 125 Å². The van der Waals surface area contributed by atoms with Crippen molar-refractivity contribution in [2.75, 3.05) is 7.05 Å². The van der Waals surface area contributed by atoms with E-state index in [9.17, 15) is 8.42 Å². The highest BCUT2D eigenvalue weighted by molar-refractivity contribution is 7.87. The molecule has 1 saturated heterocycles. The molecule has 2 aromatic rings. The van der Waals surface area contributed by atoms with Gasteiger partial charge in [-0.1, -0.05) is 60.7 Å². The fourth-order valence-corrected chi connectivity index (χ4v) is 4.10. The third-order valence-electron chi connectivity index (χ3n) is 3.95. The minimum absolute atomic E-state index is 0.125. The second-order valence-corrected chi connectivity index (χ2v) is 7.05. The Morgan fingerprint density at radius 2 is 1.57 bits per heavy atom. The van der Waals surface area contributed by atoms with Crippen LogP contribution >= 0.6 is 0 Å². The topological polar surface area (TPSA) is 49.4 Å². The molecule has 3 rings (SSSR count). The minimum Gasteiger partial charge on any atom is -0.195 e. The summed E-state index contributed by atoms with van der Waals surface area (Å²) in [6.07, 6.45) is 0.684. The summed E-state index contributed by atoms with van der Waals surface area (Å²) in [5.74, 6) is 0. The molecule has 5 heteroatoms. The number of rotatable bonds is 3. The first-order chi connectivity index (χ1) is 10.1. The number of benzene rings is 2. The Kier molecular flexibility index (Phi) is 3.80. The molecule has 0 radical (unpaired) electrons. The van der Waals surface area contributed by atoms with Crippen LogP contribution < -0.4 is 4.72 Å². The van der Waals surface area contributed by atoms with Gasteiger partial charge in [0.25, 0.3) is 10.2 Å². The lowest BCUT2D eigenvalue weighted by molar-refractivity contribution is 0.359. The molecule has 0 bridgehead atoms. The van der Waals surface area contributed by atoms with E-state index in [1.165, 1.54) is 4.31 Å². The summed E-state index contributed by atoms with van der Waals surface area (Å²) < 4.78 is 28.5. The van der Waals surface area contributed by atoms with Crippen LogP contribution in [-0.4, -0.2) is 25.8 Å². The van der Waals surface area contributed by atoms with Crippen LogP contribution in [0.4, 0.5) is 0 Å². The molecule has 1 heterocycles. The van der Waals surface area contributed by atoms with Gasteiger partial charge >= 0.3 is 0 Å². The van der Waals surface area contributed by atoms with Crippen LogP contribution in [0.1, 0.15) is 17.2 Å². The van der Waals surface area contributed by atoms with Crippen molar-refractivity contribution in [2.24, 2.45) is 0 Å². The lowest BCUT2D eigenvalue weighted by Crippen LogP contribution is -2.32. The molecule has 1 fully saturated rings. The maximum atomic E-state index is 12.2. The van der Waals surface area contributed by atoms with Gasteiger partial charge in [0.15, 0.2) is 0 Å². The molecule has 4 nitrogen and oxygen atoms in total.